The van der Waals surface area contributed by atoms with Crippen molar-refractivity contribution in [3.63, 3.8) is 0 Å². The third-order valence-electron chi connectivity index (χ3n) is 1.77. The standard InChI is InChI=1S/C6H12N2O2/c7-4-2-1-3-5(4)10-6(8)9/h4-5H,1-3,7H2,(H2,8,9)/t4-,5+/m0/s1. The van der Waals surface area contributed by atoms with Crippen LogP contribution in [-0.4, -0.2) is 18.2 Å². The van der Waals surface area contributed by atoms with E-state index in [1.165, 1.54) is 0 Å². The number of nitrogens with two attached hydrogens (primary N) is 2. The van der Waals surface area contributed by atoms with Gasteiger partial charge >= 0.3 is 6.09 Å². The van der Waals surface area contributed by atoms with Gasteiger partial charge in [0.15, 0.2) is 0 Å². The molecular weight excluding hydrogens is 132 g/mol. The molecule has 1 aliphatic rings. The number of carbonyl (C=O) groups is 1. The first-order valence-corrected chi connectivity index (χ1v) is 3.42. The average Bonchev–Trinajstić information content (AvgIpc) is 2.15. The Hall–Kier alpha value is -0.770. The predicted octanol–water partition coefficient (Wildman–Crippen LogP) is -0.0385. The summed E-state index contributed by atoms with van der Waals surface area (Å²) in [7, 11) is 0. The minimum atomic E-state index is -0.720. The molecule has 0 bridgehead atoms. The van der Waals surface area contributed by atoms with Gasteiger partial charge in [-0.25, -0.2) is 4.79 Å². The van der Waals surface area contributed by atoms with Crippen LogP contribution in [0.5, 0.6) is 0 Å². The summed E-state index contributed by atoms with van der Waals surface area (Å²) in [5.41, 5.74) is 10.4. The van der Waals surface area contributed by atoms with Crippen LogP contribution in [0.2, 0.25) is 0 Å². The molecule has 0 radical (unpaired) electrons. The van der Waals surface area contributed by atoms with Gasteiger partial charge in [-0.1, -0.05) is 0 Å². The van der Waals surface area contributed by atoms with E-state index < -0.39 is 6.09 Å². The zero-order chi connectivity index (χ0) is 7.56. The lowest BCUT2D eigenvalue weighted by atomic mass is 10.2. The third kappa shape index (κ3) is 1.60. The van der Waals surface area contributed by atoms with E-state index in [1.807, 2.05) is 0 Å². The number of hydrogen-bond donors (Lipinski definition) is 2. The van der Waals surface area contributed by atoms with Crippen molar-refractivity contribution >= 4 is 6.09 Å². The summed E-state index contributed by atoms with van der Waals surface area (Å²) in [5.74, 6) is 0. The first-order valence-electron chi connectivity index (χ1n) is 3.42. The zero-order valence-corrected chi connectivity index (χ0v) is 5.75. The molecule has 1 fully saturated rings. The van der Waals surface area contributed by atoms with E-state index in [2.05, 4.69) is 0 Å². The van der Waals surface area contributed by atoms with Crippen LogP contribution in [0.3, 0.4) is 0 Å². The van der Waals surface area contributed by atoms with E-state index in [1.54, 1.807) is 0 Å². The summed E-state index contributed by atoms with van der Waals surface area (Å²) in [4.78, 5) is 10.2. The van der Waals surface area contributed by atoms with Gasteiger partial charge < -0.3 is 16.2 Å². The number of ether oxygens (including phenoxy) is 1. The molecule has 1 saturated carbocycles. The Balaban J connectivity index is 2.33. The highest BCUT2D eigenvalue weighted by atomic mass is 16.6. The zero-order valence-electron chi connectivity index (χ0n) is 5.75. The summed E-state index contributed by atoms with van der Waals surface area (Å²) in [6.07, 6.45) is 1.95. The molecule has 58 valence electrons. The molecule has 0 aromatic rings. The highest BCUT2D eigenvalue weighted by Gasteiger charge is 2.26. The Morgan fingerprint density at radius 2 is 2.20 bits per heavy atom. The Morgan fingerprint density at radius 1 is 1.50 bits per heavy atom. The van der Waals surface area contributed by atoms with E-state index >= 15 is 0 Å². The lowest BCUT2D eigenvalue weighted by Crippen LogP contribution is -2.34. The van der Waals surface area contributed by atoms with E-state index in [9.17, 15) is 4.79 Å². The predicted molar refractivity (Wildman–Crippen MR) is 36.3 cm³/mol. The van der Waals surface area contributed by atoms with Crippen molar-refractivity contribution in [2.24, 2.45) is 11.5 Å². The largest absolute Gasteiger partial charge is 0.445 e. The second kappa shape index (κ2) is 2.88. The van der Waals surface area contributed by atoms with Gasteiger partial charge in [0.25, 0.3) is 0 Å². The molecule has 1 rings (SSSR count). The van der Waals surface area contributed by atoms with Gasteiger partial charge in [0.2, 0.25) is 0 Å². The lowest BCUT2D eigenvalue weighted by molar-refractivity contribution is 0.101. The molecule has 4 N–H and O–H groups in total. The fourth-order valence-corrected chi connectivity index (χ4v) is 1.25. The molecule has 4 heteroatoms. The Bertz CT molecular complexity index is 138. The van der Waals surface area contributed by atoms with E-state index in [4.69, 9.17) is 16.2 Å². The molecule has 10 heavy (non-hydrogen) atoms. The van der Waals surface area contributed by atoms with Crippen LogP contribution < -0.4 is 11.5 Å². The van der Waals surface area contributed by atoms with Crippen LogP contribution in [0.4, 0.5) is 4.79 Å². The molecule has 4 nitrogen and oxygen atoms in total. The van der Waals surface area contributed by atoms with Crippen molar-refractivity contribution in [3.8, 4) is 0 Å². The maximum absolute atomic E-state index is 10.2. The topological polar surface area (TPSA) is 78.3 Å². The van der Waals surface area contributed by atoms with E-state index in [0.29, 0.717) is 0 Å². The Morgan fingerprint density at radius 3 is 2.60 bits per heavy atom. The maximum atomic E-state index is 10.2. The van der Waals surface area contributed by atoms with Crippen molar-refractivity contribution < 1.29 is 9.53 Å². The summed E-state index contributed by atoms with van der Waals surface area (Å²) in [6.45, 7) is 0. The highest BCUT2D eigenvalue weighted by molar-refractivity contribution is 5.64. The van der Waals surface area contributed by atoms with Crippen molar-refractivity contribution in [2.45, 2.75) is 31.4 Å². The van der Waals surface area contributed by atoms with Gasteiger partial charge in [0, 0.05) is 6.04 Å². The fourth-order valence-electron chi connectivity index (χ4n) is 1.25. The van der Waals surface area contributed by atoms with Gasteiger partial charge in [-0.15, -0.1) is 0 Å². The minimum absolute atomic E-state index is 0.00694. The van der Waals surface area contributed by atoms with Gasteiger partial charge in [0.05, 0.1) is 0 Å². The summed E-state index contributed by atoms with van der Waals surface area (Å²) in [5, 5.41) is 0. The third-order valence-corrected chi connectivity index (χ3v) is 1.77. The van der Waals surface area contributed by atoms with Crippen LogP contribution in [-0.2, 0) is 4.74 Å². The number of rotatable bonds is 1. The smallest absolute Gasteiger partial charge is 0.404 e. The number of primary amides is 1. The molecule has 1 aliphatic carbocycles. The minimum Gasteiger partial charge on any atom is -0.445 e. The van der Waals surface area contributed by atoms with Crippen molar-refractivity contribution in [3.05, 3.63) is 0 Å². The van der Waals surface area contributed by atoms with Crippen LogP contribution in [0, 0.1) is 0 Å². The van der Waals surface area contributed by atoms with Crippen LogP contribution in [0.25, 0.3) is 0 Å². The molecular formula is C6H12N2O2. The molecule has 0 unspecified atom stereocenters. The first-order chi connectivity index (χ1) is 4.70. The second-order valence-corrected chi connectivity index (χ2v) is 2.57. The van der Waals surface area contributed by atoms with Crippen molar-refractivity contribution in [1.29, 1.82) is 0 Å². The average molecular weight is 144 g/mol. The molecule has 0 spiro atoms. The lowest BCUT2D eigenvalue weighted by Gasteiger charge is -2.13. The van der Waals surface area contributed by atoms with Gasteiger partial charge in [-0.3, -0.25) is 0 Å². The van der Waals surface area contributed by atoms with Crippen LogP contribution in [0.1, 0.15) is 19.3 Å². The van der Waals surface area contributed by atoms with Crippen LogP contribution >= 0.6 is 0 Å². The summed E-state index contributed by atoms with van der Waals surface area (Å²) < 4.78 is 4.74. The van der Waals surface area contributed by atoms with E-state index in [0.717, 1.165) is 19.3 Å². The molecule has 2 atom stereocenters. The Labute approximate surface area is 59.5 Å². The molecule has 1 amide bonds. The van der Waals surface area contributed by atoms with Crippen LogP contribution in [0.15, 0.2) is 0 Å². The van der Waals surface area contributed by atoms with Gasteiger partial charge in [0.1, 0.15) is 6.10 Å². The fraction of sp³-hybridized carbons (Fsp3) is 0.833. The molecule has 0 aliphatic heterocycles. The first kappa shape index (κ1) is 7.34. The van der Waals surface area contributed by atoms with Gasteiger partial charge in [-0.05, 0) is 19.3 Å². The van der Waals surface area contributed by atoms with E-state index in [-0.39, 0.29) is 12.1 Å². The SMILES string of the molecule is NC(=O)O[C@@H]1CCC[C@@H]1N. The summed E-state index contributed by atoms with van der Waals surface area (Å²) in [6, 6.07) is -0.00694. The van der Waals surface area contributed by atoms with Gasteiger partial charge in [-0.2, -0.15) is 0 Å². The molecule has 0 heterocycles. The maximum Gasteiger partial charge on any atom is 0.404 e. The van der Waals surface area contributed by atoms with Crippen molar-refractivity contribution in [2.75, 3.05) is 0 Å². The monoisotopic (exact) mass is 144 g/mol. The quantitative estimate of drug-likeness (QED) is 0.542. The highest BCUT2D eigenvalue weighted by Crippen LogP contribution is 2.19. The molecule has 0 aromatic heterocycles. The number of hydrogen-bond acceptors (Lipinski definition) is 3. The van der Waals surface area contributed by atoms with Crippen molar-refractivity contribution in [1.82, 2.24) is 0 Å². The normalized spacial score (nSPS) is 32.1. The molecule has 0 saturated heterocycles. The number of carbonyl (C=O) groups excluding carboxylic acids is 1. The second-order valence-electron chi connectivity index (χ2n) is 2.57. The summed E-state index contributed by atoms with van der Waals surface area (Å²) >= 11 is 0. The molecule has 0 aromatic carbocycles. The number of amides is 1. The Kier molecular flexibility index (Phi) is 2.11.